The van der Waals surface area contributed by atoms with Crippen LogP contribution in [-0.4, -0.2) is 23.1 Å². The van der Waals surface area contributed by atoms with E-state index in [0.717, 1.165) is 23.0 Å². The summed E-state index contributed by atoms with van der Waals surface area (Å²) in [6, 6.07) is 15.6. The van der Waals surface area contributed by atoms with E-state index >= 15 is 0 Å². The maximum Gasteiger partial charge on any atom is 0.162 e. The summed E-state index contributed by atoms with van der Waals surface area (Å²) in [5, 5.41) is 3.73. The van der Waals surface area contributed by atoms with Crippen LogP contribution in [0.4, 0.5) is 17.2 Å². The zero-order valence-corrected chi connectivity index (χ0v) is 23.0. The van der Waals surface area contributed by atoms with Crippen LogP contribution in [0.25, 0.3) is 11.4 Å². The van der Waals surface area contributed by atoms with Crippen LogP contribution in [0.2, 0.25) is 0 Å². The van der Waals surface area contributed by atoms with E-state index in [0.29, 0.717) is 23.7 Å². The highest BCUT2D eigenvalue weighted by Gasteiger charge is 2.47. The van der Waals surface area contributed by atoms with E-state index in [9.17, 15) is 0 Å². The Bertz CT molecular complexity index is 1280. The number of anilines is 3. The molecule has 0 radical (unpaired) electrons. The van der Waals surface area contributed by atoms with Gasteiger partial charge in [-0.3, -0.25) is 0 Å². The molecule has 188 valence electrons. The molecule has 1 aromatic heterocycles. The molecule has 5 rings (SSSR count). The molecule has 1 N–H and O–H groups in total. The van der Waals surface area contributed by atoms with Gasteiger partial charge in [0.25, 0.3) is 0 Å². The van der Waals surface area contributed by atoms with Gasteiger partial charge in [-0.25, -0.2) is 9.97 Å². The van der Waals surface area contributed by atoms with E-state index in [4.69, 9.17) is 9.97 Å². The second-order valence-corrected chi connectivity index (χ2v) is 11.6. The van der Waals surface area contributed by atoms with Gasteiger partial charge in [0.1, 0.15) is 5.69 Å². The summed E-state index contributed by atoms with van der Waals surface area (Å²) in [7, 11) is 2.19. The summed E-state index contributed by atoms with van der Waals surface area (Å²) in [4.78, 5) is 12.6. The van der Waals surface area contributed by atoms with Crippen molar-refractivity contribution in [1.29, 1.82) is 0 Å². The van der Waals surface area contributed by atoms with Crippen molar-refractivity contribution in [1.82, 2.24) is 9.97 Å². The molecule has 0 bridgehead atoms. The lowest BCUT2D eigenvalue weighted by Crippen LogP contribution is -2.51. The molecule has 0 spiro atoms. The van der Waals surface area contributed by atoms with Crippen molar-refractivity contribution in [2.24, 2.45) is 11.3 Å². The third-order valence-corrected chi connectivity index (χ3v) is 8.82. The number of rotatable bonds is 3. The first-order valence-corrected chi connectivity index (χ1v) is 13.4. The topological polar surface area (TPSA) is 41.1 Å². The molecule has 4 nitrogen and oxygen atoms in total. The lowest BCUT2D eigenvalue weighted by molar-refractivity contribution is 0.190. The van der Waals surface area contributed by atoms with E-state index < -0.39 is 0 Å². The van der Waals surface area contributed by atoms with E-state index in [-0.39, 0.29) is 11.5 Å². The van der Waals surface area contributed by atoms with Crippen molar-refractivity contribution in [3.8, 4) is 11.4 Å². The molecule has 1 aliphatic carbocycles. The van der Waals surface area contributed by atoms with Crippen LogP contribution >= 0.6 is 0 Å². The average molecular weight is 481 g/mol. The van der Waals surface area contributed by atoms with Crippen LogP contribution in [0.15, 0.2) is 60.8 Å². The summed E-state index contributed by atoms with van der Waals surface area (Å²) in [6.07, 6.45) is 6.79. The van der Waals surface area contributed by atoms with Crippen LogP contribution in [-0.2, 0) is 0 Å². The number of allylic oxidation sites excluding steroid dienone is 1. The van der Waals surface area contributed by atoms with Gasteiger partial charge < -0.3 is 10.2 Å². The molecule has 4 atom stereocenters. The van der Waals surface area contributed by atoms with E-state index in [1.807, 2.05) is 6.20 Å². The Hall–Kier alpha value is -3.14. The summed E-state index contributed by atoms with van der Waals surface area (Å²) in [6.45, 7) is 16.1. The fraction of sp³-hybridized carbons (Fsp3) is 0.438. The molecule has 0 saturated carbocycles. The van der Waals surface area contributed by atoms with Gasteiger partial charge in [-0.05, 0) is 53.4 Å². The minimum absolute atomic E-state index is 0.0555. The standard InChI is InChI=1S/C32H40N4/c1-19(2)23-13-11-14-24(20(3)4)29(23)30-33-18-28-31(35-30)36(8)22(6)32(7)17-16-26(32)21(5)25-12-9-10-15-27(25)34-28/h9-22,26,34H,1-8H3. The molecular weight excluding hydrogens is 440 g/mol. The first-order chi connectivity index (χ1) is 17.1. The van der Waals surface area contributed by atoms with Crippen molar-refractivity contribution in [3.05, 3.63) is 77.5 Å². The molecule has 4 unspecified atom stereocenters. The van der Waals surface area contributed by atoms with Gasteiger partial charge in [0.05, 0.1) is 6.20 Å². The SMILES string of the molecule is CC(C)c1cccc(C(C)C)c1-c1ncc2c(n1)N(C)C(C)C1(C)C=CC1C(C)c1ccccc1N2. The molecule has 0 amide bonds. The van der Waals surface area contributed by atoms with Crippen LogP contribution in [0.1, 0.15) is 82.9 Å². The Morgan fingerprint density at radius 1 is 0.917 bits per heavy atom. The summed E-state index contributed by atoms with van der Waals surface area (Å²) in [5.74, 6) is 3.42. The maximum absolute atomic E-state index is 5.31. The quantitative estimate of drug-likeness (QED) is 0.383. The average Bonchev–Trinajstić information content (AvgIpc) is 2.86. The van der Waals surface area contributed by atoms with Crippen LogP contribution in [0, 0.1) is 11.3 Å². The van der Waals surface area contributed by atoms with Gasteiger partial charge in [0.2, 0.25) is 0 Å². The molecule has 2 aromatic carbocycles. The number of fused-ring (bicyclic) bond motifs is 3. The summed E-state index contributed by atoms with van der Waals surface area (Å²) >= 11 is 0. The first-order valence-electron chi connectivity index (χ1n) is 13.4. The highest BCUT2D eigenvalue weighted by molar-refractivity contribution is 5.77. The van der Waals surface area contributed by atoms with Crippen LogP contribution < -0.4 is 10.2 Å². The fourth-order valence-electron chi connectivity index (χ4n) is 6.24. The number of para-hydroxylation sites is 1. The van der Waals surface area contributed by atoms with Gasteiger partial charge in [-0.2, -0.15) is 0 Å². The summed E-state index contributed by atoms with van der Waals surface area (Å²) < 4.78 is 0. The van der Waals surface area contributed by atoms with Crippen LogP contribution in [0.5, 0.6) is 0 Å². The van der Waals surface area contributed by atoms with Crippen molar-refractivity contribution in [2.45, 2.75) is 72.3 Å². The largest absolute Gasteiger partial charge is 0.354 e. The summed E-state index contributed by atoms with van der Waals surface area (Å²) in [5.41, 5.74) is 7.28. The monoisotopic (exact) mass is 480 g/mol. The zero-order valence-electron chi connectivity index (χ0n) is 23.0. The Morgan fingerprint density at radius 2 is 1.58 bits per heavy atom. The number of hydrogen-bond donors (Lipinski definition) is 1. The van der Waals surface area contributed by atoms with Crippen molar-refractivity contribution < 1.29 is 0 Å². The first kappa shape index (κ1) is 24.5. The third kappa shape index (κ3) is 3.82. The number of benzene rings is 2. The van der Waals surface area contributed by atoms with Gasteiger partial charge in [-0.15, -0.1) is 0 Å². The van der Waals surface area contributed by atoms with Crippen molar-refractivity contribution in [2.75, 3.05) is 17.3 Å². The normalized spacial score (nSPS) is 25.1. The minimum atomic E-state index is 0.0555. The fourth-order valence-corrected chi connectivity index (χ4v) is 6.24. The number of nitrogens with one attached hydrogen (secondary N) is 1. The second-order valence-electron chi connectivity index (χ2n) is 11.6. The Labute approximate surface area is 216 Å². The Morgan fingerprint density at radius 3 is 2.19 bits per heavy atom. The molecule has 1 aliphatic heterocycles. The third-order valence-electron chi connectivity index (χ3n) is 8.82. The van der Waals surface area contributed by atoms with Crippen molar-refractivity contribution >= 4 is 17.2 Å². The lowest BCUT2D eigenvalue weighted by atomic mass is 9.58. The number of aromatic nitrogens is 2. The molecule has 0 saturated heterocycles. The van der Waals surface area contributed by atoms with Gasteiger partial charge in [0, 0.05) is 29.8 Å². The predicted octanol–water partition coefficient (Wildman–Crippen LogP) is 8.27. The molecule has 0 fully saturated rings. The molecule has 36 heavy (non-hydrogen) atoms. The minimum Gasteiger partial charge on any atom is -0.354 e. The van der Waals surface area contributed by atoms with Crippen molar-refractivity contribution in [3.63, 3.8) is 0 Å². The predicted molar refractivity (Wildman–Crippen MR) is 152 cm³/mol. The Kier molecular flexibility index (Phi) is 6.18. The highest BCUT2D eigenvalue weighted by atomic mass is 15.2. The van der Waals surface area contributed by atoms with Gasteiger partial charge in [0.15, 0.2) is 11.6 Å². The highest BCUT2D eigenvalue weighted by Crippen LogP contribution is 2.53. The van der Waals surface area contributed by atoms with E-state index in [2.05, 4.69) is 120 Å². The van der Waals surface area contributed by atoms with Gasteiger partial charge in [-0.1, -0.05) is 90.1 Å². The van der Waals surface area contributed by atoms with Crippen LogP contribution in [0.3, 0.4) is 0 Å². The molecular formula is C32H40N4. The lowest BCUT2D eigenvalue weighted by Gasteiger charge is -2.51. The molecule has 3 aromatic rings. The number of nitrogens with zero attached hydrogens (tertiary/aromatic N) is 3. The van der Waals surface area contributed by atoms with Gasteiger partial charge >= 0.3 is 0 Å². The smallest absolute Gasteiger partial charge is 0.162 e. The number of hydrogen-bond acceptors (Lipinski definition) is 4. The van der Waals surface area contributed by atoms with E-state index in [1.54, 1.807) is 0 Å². The molecule has 2 heterocycles. The second kappa shape index (κ2) is 9.06. The maximum atomic E-state index is 5.31. The molecule has 2 aliphatic rings. The zero-order chi connectivity index (χ0) is 25.8. The molecule has 4 heteroatoms. The van der Waals surface area contributed by atoms with E-state index in [1.165, 1.54) is 22.3 Å². The Balaban J connectivity index is 1.73.